The van der Waals surface area contributed by atoms with Crippen molar-refractivity contribution in [3.05, 3.63) is 59.2 Å². The lowest BCUT2D eigenvalue weighted by molar-refractivity contribution is 0.346. The first-order valence-electron chi connectivity index (χ1n) is 10.8. The number of piperidine rings is 1. The summed E-state index contributed by atoms with van der Waals surface area (Å²) in [6.07, 6.45) is 7.54. The summed E-state index contributed by atoms with van der Waals surface area (Å²) in [6, 6.07) is 13.3. The highest BCUT2D eigenvalue weighted by atomic mass is 127. The molecule has 2 aromatic carbocycles. The number of nitrogens with two attached hydrogens (primary N) is 1. The summed E-state index contributed by atoms with van der Waals surface area (Å²) in [5.41, 5.74) is 10.7. The van der Waals surface area contributed by atoms with Crippen LogP contribution >= 0.6 is 24.0 Å². The molecule has 2 aromatic rings. The van der Waals surface area contributed by atoms with Crippen LogP contribution in [0.4, 0.5) is 5.69 Å². The van der Waals surface area contributed by atoms with Gasteiger partial charge in [-0.25, -0.2) is 13.4 Å². The van der Waals surface area contributed by atoms with Gasteiger partial charge in [-0.15, -0.1) is 24.0 Å². The lowest BCUT2D eigenvalue weighted by Gasteiger charge is -2.26. The third-order valence-corrected chi connectivity index (χ3v) is 7.84. The minimum atomic E-state index is -3.44. The predicted molar refractivity (Wildman–Crippen MR) is 136 cm³/mol. The summed E-state index contributed by atoms with van der Waals surface area (Å²) >= 11 is 0. The Morgan fingerprint density at radius 1 is 1.00 bits per heavy atom. The van der Waals surface area contributed by atoms with Crippen LogP contribution < -0.4 is 11.1 Å². The number of hydrogen-bond donors (Lipinski definition) is 2. The zero-order valence-electron chi connectivity index (χ0n) is 17.7. The van der Waals surface area contributed by atoms with Crippen LogP contribution in [-0.2, 0) is 29.4 Å². The normalized spacial score (nSPS) is 17.5. The van der Waals surface area contributed by atoms with E-state index in [1.807, 2.05) is 12.1 Å². The van der Waals surface area contributed by atoms with Crippen molar-refractivity contribution in [1.82, 2.24) is 4.31 Å². The number of aliphatic imine (C=N–C) groups is 1. The minimum Gasteiger partial charge on any atom is -0.370 e. The molecule has 0 saturated carbocycles. The van der Waals surface area contributed by atoms with E-state index in [1.54, 1.807) is 22.5 Å². The highest BCUT2D eigenvalue weighted by molar-refractivity contribution is 14.0. The molecule has 1 saturated heterocycles. The lowest BCUT2D eigenvalue weighted by atomic mass is 9.90. The van der Waals surface area contributed by atoms with Crippen molar-refractivity contribution in [3.63, 3.8) is 0 Å². The van der Waals surface area contributed by atoms with Gasteiger partial charge in [-0.3, -0.25) is 0 Å². The second kappa shape index (κ2) is 10.8. The Hall–Kier alpha value is -1.65. The van der Waals surface area contributed by atoms with Crippen LogP contribution in [0.5, 0.6) is 0 Å². The Morgan fingerprint density at radius 2 is 1.74 bits per heavy atom. The van der Waals surface area contributed by atoms with Gasteiger partial charge in [0.2, 0.25) is 10.0 Å². The summed E-state index contributed by atoms with van der Waals surface area (Å²) in [5.74, 6) is 0.346. The molecule has 1 fully saturated rings. The molecule has 6 nitrogen and oxygen atoms in total. The van der Waals surface area contributed by atoms with Gasteiger partial charge in [0.1, 0.15) is 0 Å². The van der Waals surface area contributed by atoms with E-state index in [2.05, 4.69) is 22.4 Å². The van der Waals surface area contributed by atoms with Crippen LogP contribution in [0.2, 0.25) is 0 Å². The van der Waals surface area contributed by atoms with E-state index in [-0.39, 0.29) is 24.0 Å². The Labute approximate surface area is 202 Å². The third-order valence-electron chi connectivity index (χ3n) is 5.94. The number of rotatable bonds is 5. The average molecular weight is 554 g/mol. The van der Waals surface area contributed by atoms with Gasteiger partial charge in [0.15, 0.2) is 5.96 Å². The number of halogens is 1. The van der Waals surface area contributed by atoms with Gasteiger partial charge in [-0.05, 0) is 73.4 Å². The summed E-state index contributed by atoms with van der Waals surface area (Å²) in [6.45, 7) is 1.53. The van der Waals surface area contributed by atoms with Crippen LogP contribution in [0, 0.1) is 0 Å². The Morgan fingerprint density at radius 3 is 2.55 bits per heavy atom. The molecule has 8 heteroatoms. The zero-order chi connectivity index (χ0) is 21.0. The van der Waals surface area contributed by atoms with Crippen molar-refractivity contribution in [2.45, 2.75) is 56.4 Å². The Kier molecular flexibility index (Phi) is 8.35. The third kappa shape index (κ3) is 5.78. The second-order valence-electron chi connectivity index (χ2n) is 8.09. The number of benzene rings is 2. The van der Waals surface area contributed by atoms with Gasteiger partial charge < -0.3 is 11.1 Å². The van der Waals surface area contributed by atoms with Gasteiger partial charge in [0.25, 0.3) is 0 Å². The first-order chi connectivity index (χ1) is 14.5. The van der Waals surface area contributed by atoms with Crippen molar-refractivity contribution in [2.75, 3.05) is 18.4 Å². The average Bonchev–Trinajstić information content (AvgIpc) is 2.79. The molecule has 1 heterocycles. The van der Waals surface area contributed by atoms with E-state index >= 15 is 0 Å². The number of fused-ring (bicyclic) bond motifs is 1. The first-order valence-corrected chi connectivity index (χ1v) is 12.2. The molecule has 2 aliphatic rings. The maximum Gasteiger partial charge on any atom is 0.243 e. The number of guanidine groups is 1. The van der Waals surface area contributed by atoms with Crippen LogP contribution in [0.15, 0.2) is 52.4 Å². The maximum atomic E-state index is 12.9. The molecule has 0 atom stereocenters. The van der Waals surface area contributed by atoms with Crippen LogP contribution in [0.25, 0.3) is 0 Å². The molecule has 4 rings (SSSR count). The molecule has 31 heavy (non-hydrogen) atoms. The molecule has 0 unspecified atom stereocenters. The standard InChI is InChI=1S/C23H30N4O2S.HI/c24-23(26-22-13-7-10-19-9-2-3-12-21(19)22)25-17-18-8-6-11-20(16-18)30(28,29)27-14-4-1-5-15-27;/h6-8,10-11,13,16H,1-5,9,12,14-15,17H2,(H3,24,25,26);1H. The molecule has 3 N–H and O–H groups in total. The maximum absolute atomic E-state index is 12.9. The van der Waals surface area contributed by atoms with E-state index < -0.39 is 10.0 Å². The molecular weight excluding hydrogens is 523 g/mol. The number of aryl methyl sites for hydroxylation is 1. The fraction of sp³-hybridized carbons (Fsp3) is 0.435. The number of sulfonamides is 1. The SMILES string of the molecule is I.NC(=NCc1cccc(S(=O)(=O)N2CCCCC2)c1)Nc1cccc2c1CCCC2. The highest BCUT2D eigenvalue weighted by Crippen LogP contribution is 2.27. The fourth-order valence-corrected chi connectivity index (χ4v) is 5.90. The molecule has 0 bridgehead atoms. The van der Waals surface area contributed by atoms with Gasteiger partial charge in [0, 0.05) is 18.8 Å². The second-order valence-corrected chi connectivity index (χ2v) is 10.0. The molecule has 1 aliphatic carbocycles. The summed E-state index contributed by atoms with van der Waals surface area (Å²) < 4.78 is 27.4. The van der Waals surface area contributed by atoms with Gasteiger partial charge in [-0.1, -0.05) is 30.7 Å². The molecule has 0 radical (unpaired) electrons. The van der Waals surface area contributed by atoms with Crippen molar-refractivity contribution in [3.8, 4) is 0 Å². The monoisotopic (exact) mass is 554 g/mol. The van der Waals surface area contributed by atoms with E-state index in [0.717, 1.165) is 43.4 Å². The van der Waals surface area contributed by atoms with Crippen LogP contribution in [0.1, 0.15) is 48.8 Å². The molecule has 0 spiro atoms. The Balaban J connectivity index is 0.00000272. The van der Waals surface area contributed by atoms with E-state index in [1.165, 1.54) is 24.0 Å². The van der Waals surface area contributed by atoms with Crippen LogP contribution in [0.3, 0.4) is 0 Å². The zero-order valence-corrected chi connectivity index (χ0v) is 20.9. The number of hydrogen-bond acceptors (Lipinski definition) is 3. The number of nitrogens with zero attached hydrogens (tertiary/aromatic N) is 2. The Bertz CT molecular complexity index is 1030. The van der Waals surface area contributed by atoms with Gasteiger partial charge in [-0.2, -0.15) is 4.31 Å². The number of anilines is 1. The topological polar surface area (TPSA) is 87.8 Å². The quantitative estimate of drug-likeness (QED) is 0.328. The van der Waals surface area contributed by atoms with Crippen LogP contribution in [-0.4, -0.2) is 31.8 Å². The summed E-state index contributed by atoms with van der Waals surface area (Å²) in [5, 5.41) is 3.24. The van der Waals surface area contributed by atoms with E-state index in [0.29, 0.717) is 30.5 Å². The fourth-order valence-electron chi connectivity index (χ4n) is 4.31. The van der Waals surface area contributed by atoms with Crippen molar-refractivity contribution in [1.29, 1.82) is 0 Å². The highest BCUT2D eigenvalue weighted by Gasteiger charge is 2.25. The van der Waals surface area contributed by atoms with Gasteiger partial charge >= 0.3 is 0 Å². The summed E-state index contributed by atoms with van der Waals surface area (Å²) in [4.78, 5) is 4.78. The smallest absolute Gasteiger partial charge is 0.243 e. The largest absolute Gasteiger partial charge is 0.370 e. The number of nitrogens with one attached hydrogen (secondary N) is 1. The molecular formula is C23H31IN4O2S. The minimum absolute atomic E-state index is 0. The molecule has 168 valence electrons. The lowest BCUT2D eigenvalue weighted by Crippen LogP contribution is -2.35. The molecule has 1 aliphatic heterocycles. The van der Waals surface area contributed by atoms with Gasteiger partial charge in [0.05, 0.1) is 11.4 Å². The molecule has 0 amide bonds. The van der Waals surface area contributed by atoms with E-state index in [4.69, 9.17) is 5.73 Å². The van der Waals surface area contributed by atoms with Crippen molar-refractivity contribution >= 4 is 45.6 Å². The summed E-state index contributed by atoms with van der Waals surface area (Å²) in [7, 11) is -3.44. The van der Waals surface area contributed by atoms with Crippen molar-refractivity contribution in [2.24, 2.45) is 10.7 Å². The predicted octanol–water partition coefficient (Wildman–Crippen LogP) is 4.28. The first kappa shape index (κ1) is 24.0. The van der Waals surface area contributed by atoms with E-state index in [9.17, 15) is 8.42 Å². The molecule has 0 aromatic heterocycles. The van der Waals surface area contributed by atoms with Crippen molar-refractivity contribution < 1.29 is 8.42 Å².